The lowest BCUT2D eigenvalue weighted by Crippen LogP contribution is -1.82. The molecule has 1 aromatic rings. The van der Waals surface area contributed by atoms with E-state index in [-0.39, 0.29) is 0 Å². The Labute approximate surface area is 81.1 Å². The van der Waals surface area contributed by atoms with Gasteiger partial charge in [0.05, 0.1) is 0 Å². The minimum atomic E-state index is 0.884. The maximum atomic E-state index is 2.37. The molecule has 0 nitrogen and oxygen atoms in total. The quantitative estimate of drug-likeness (QED) is 0.713. The van der Waals surface area contributed by atoms with Crippen LogP contribution in [0.25, 0.3) is 0 Å². The van der Waals surface area contributed by atoms with Crippen molar-refractivity contribution in [1.29, 1.82) is 0 Å². The molecule has 57 valence electrons. The Morgan fingerprint density at radius 3 is 2.36 bits per heavy atom. The zero-order valence-electron chi connectivity index (χ0n) is 6.26. The highest BCUT2D eigenvalue weighted by Crippen LogP contribution is 2.34. The van der Waals surface area contributed by atoms with Crippen LogP contribution in [-0.2, 0) is 0 Å². The first-order chi connectivity index (χ1) is 5.34. The van der Waals surface area contributed by atoms with Crippen LogP contribution in [0.3, 0.4) is 0 Å². The van der Waals surface area contributed by atoms with Crippen LogP contribution in [0.2, 0.25) is 0 Å². The van der Waals surface area contributed by atoms with Crippen molar-refractivity contribution >= 4 is 22.6 Å². The van der Waals surface area contributed by atoms with Gasteiger partial charge in [-0.3, -0.25) is 0 Å². The fourth-order valence-corrected chi connectivity index (χ4v) is 1.47. The first-order valence-corrected chi connectivity index (χ1v) is 5.03. The third-order valence-electron chi connectivity index (χ3n) is 1.92. The molecule has 0 amide bonds. The molecule has 0 aliphatic heterocycles. The second kappa shape index (κ2) is 3.13. The molecule has 0 atom stereocenters. The van der Waals surface area contributed by atoms with Gasteiger partial charge in [-0.05, 0) is 65.5 Å². The van der Waals surface area contributed by atoms with Gasteiger partial charge in [-0.15, -0.1) is 0 Å². The van der Waals surface area contributed by atoms with Crippen LogP contribution in [0.5, 0.6) is 0 Å². The van der Waals surface area contributed by atoms with E-state index in [1.54, 1.807) is 0 Å². The summed E-state index contributed by atoms with van der Waals surface area (Å²) in [5, 5.41) is 0. The highest BCUT2D eigenvalue weighted by Gasteiger charge is 2.21. The second-order valence-electron chi connectivity index (χ2n) is 3.06. The maximum absolute atomic E-state index is 2.37. The molecule has 0 unspecified atom stereocenters. The first-order valence-electron chi connectivity index (χ1n) is 3.95. The Morgan fingerprint density at radius 1 is 1.18 bits per heavy atom. The lowest BCUT2D eigenvalue weighted by atomic mass is 10.1. The predicted octanol–water partition coefficient (Wildman–Crippen LogP) is 3.25. The van der Waals surface area contributed by atoms with Crippen LogP contribution in [-0.4, -0.2) is 0 Å². The van der Waals surface area contributed by atoms with Gasteiger partial charge in [-0.25, -0.2) is 0 Å². The molecule has 0 saturated heterocycles. The molecular weight excluding hydrogens is 247 g/mol. The Kier molecular flexibility index (Phi) is 2.16. The van der Waals surface area contributed by atoms with Gasteiger partial charge in [-0.2, -0.15) is 0 Å². The average Bonchev–Trinajstić information content (AvgIpc) is 2.78. The van der Waals surface area contributed by atoms with Gasteiger partial charge in [0.25, 0.3) is 0 Å². The molecule has 0 bridgehead atoms. The van der Waals surface area contributed by atoms with Crippen LogP contribution in [0.15, 0.2) is 24.3 Å². The zero-order valence-corrected chi connectivity index (χ0v) is 8.41. The van der Waals surface area contributed by atoms with Crippen molar-refractivity contribution in [2.24, 2.45) is 5.92 Å². The summed E-state index contributed by atoms with van der Waals surface area (Å²) in [5.41, 5.74) is 1.38. The van der Waals surface area contributed by atoms with Crippen molar-refractivity contribution in [3.05, 3.63) is 39.8 Å². The van der Waals surface area contributed by atoms with Gasteiger partial charge >= 0.3 is 0 Å². The van der Waals surface area contributed by atoms with Gasteiger partial charge < -0.3 is 0 Å². The van der Waals surface area contributed by atoms with E-state index in [0.29, 0.717) is 0 Å². The number of rotatable bonds is 2. The number of hydrogen-bond donors (Lipinski definition) is 0. The standard InChI is InChI=1S/C10H10I/c11-10-5-3-9(4-6-10)7-8-1-2-8/h3-8H,1-2H2. The van der Waals surface area contributed by atoms with Gasteiger partial charge in [-0.1, -0.05) is 12.1 Å². The normalized spacial score (nSPS) is 16.8. The third-order valence-corrected chi connectivity index (χ3v) is 2.64. The highest BCUT2D eigenvalue weighted by atomic mass is 127. The maximum Gasteiger partial charge on any atom is 0.0130 e. The molecule has 0 N–H and O–H groups in total. The Morgan fingerprint density at radius 2 is 1.82 bits per heavy atom. The summed E-state index contributed by atoms with van der Waals surface area (Å²) < 4.78 is 1.32. The molecule has 0 aromatic heterocycles. The van der Waals surface area contributed by atoms with E-state index in [1.165, 1.54) is 22.0 Å². The van der Waals surface area contributed by atoms with E-state index in [4.69, 9.17) is 0 Å². The fraction of sp³-hybridized carbons (Fsp3) is 0.300. The monoisotopic (exact) mass is 257 g/mol. The van der Waals surface area contributed by atoms with Crippen LogP contribution in [0, 0.1) is 15.9 Å². The number of hydrogen-bond acceptors (Lipinski definition) is 0. The zero-order chi connectivity index (χ0) is 7.68. The molecule has 0 spiro atoms. The molecule has 1 aromatic carbocycles. The lowest BCUT2D eigenvalue weighted by molar-refractivity contribution is 1.02. The lowest BCUT2D eigenvalue weighted by Gasteiger charge is -1.97. The number of benzene rings is 1. The van der Waals surface area contributed by atoms with E-state index >= 15 is 0 Å². The van der Waals surface area contributed by atoms with Crippen LogP contribution < -0.4 is 0 Å². The molecule has 1 aliphatic rings. The third kappa shape index (κ3) is 2.19. The fourth-order valence-electron chi connectivity index (χ4n) is 1.11. The van der Waals surface area contributed by atoms with Crippen LogP contribution in [0.4, 0.5) is 0 Å². The summed E-state index contributed by atoms with van der Waals surface area (Å²) in [6.45, 7) is 0. The summed E-state index contributed by atoms with van der Waals surface area (Å²) in [6.07, 6.45) is 5.16. The molecule has 1 heteroatoms. The van der Waals surface area contributed by atoms with Gasteiger partial charge in [0.2, 0.25) is 0 Å². The van der Waals surface area contributed by atoms with Gasteiger partial charge in [0.15, 0.2) is 0 Å². The topological polar surface area (TPSA) is 0 Å². The second-order valence-corrected chi connectivity index (χ2v) is 4.30. The number of halogens is 1. The van der Waals surface area contributed by atoms with E-state index in [2.05, 4.69) is 53.3 Å². The van der Waals surface area contributed by atoms with Crippen molar-refractivity contribution in [1.82, 2.24) is 0 Å². The van der Waals surface area contributed by atoms with Gasteiger partial charge in [0, 0.05) is 3.57 Å². The Balaban J connectivity index is 2.06. The summed E-state index contributed by atoms with van der Waals surface area (Å²) in [5.74, 6) is 0.884. The minimum Gasteiger partial charge on any atom is -0.0577 e. The smallest absolute Gasteiger partial charge is 0.0130 e. The van der Waals surface area contributed by atoms with Gasteiger partial charge in [0.1, 0.15) is 0 Å². The summed E-state index contributed by atoms with van der Waals surface area (Å²) in [7, 11) is 0. The molecule has 2 rings (SSSR count). The van der Waals surface area contributed by atoms with E-state index < -0.39 is 0 Å². The van der Waals surface area contributed by atoms with Crippen molar-refractivity contribution in [3.8, 4) is 0 Å². The first kappa shape index (κ1) is 7.59. The summed E-state index contributed by atoms with van der Waals surface area (Å²) >= 11 is 2.33. The van der Waals surface area contributed by atoms with Crippen LogP contribution in [0.1, 0.15) is 18.4 Å². The van der Waals surface area contributed by atoms with Crippen LogP contribution >= 0.6 is 22.6 Å². The van der Waals surface area contributed by atoms with E-state index in [0.717, 1.165) is 5.92 Å². The minimum absolute atomic E-state index is 0.884. The summed E-state index contributed by atoms with van der Waals surface area (Å²) in [4.78, 5) is 0. The van der Waals surface area contributed by atoms with Crippen molar-refractivity contribution in [3.63, 3.8) is 0 Å². The van der Waals surface area contributed by atoms with Crippen molar-refractivity contribution in [2.45, 2.75) is 12.8 Å². The Hall–Kier alpha value is -0.0500. The molecule has 1 saturated carbocycles. The predicted molar refractivity (Wildman–Crippen MR) is 55.3 cm³/mol. The molecule has 1 fully saturated rings. The highest BCUT2D eigenvalue weighted by molar-refractivity contribution is 14.1. The van der Waals surface area contributed by atoms with E-state index in [9.17, 15) is 0 Å². The molecular formula is C10H10I. The summed E-state index contributed by atoms with van der Waals surface area (Å²) in [6, 6.07) is 8.71. The molecule has 11 heavy (non-hydrogen) atoms. The molecule has 1 radical (unpaired) electrons. The Bertz CT molecular complexity index is 234. The van der Waals surface area contributed by atoms with Crippen molar-refractivity contribution in [2.75, 3.05) is 0 Å². The average molecular weight is 257 g/mol. The SMILES string of the molecule is Ic1ccc([CH]C2CC2)cc1. The molecule has 1 aliphatic carbocycles. The molecule has 0 heterocycles. The van der Waals surface area contributed by atoms with Crippen molar-refractivity contribution < 1.29 is 0 Å². The largest absolute Gasteiger partial charge is 0.0577 e. The van der Waals surface area contributed by atoms with E-state index in [1.807, 2.05) is 0 Å².